The Morgan fingerprint density at radius 2 is 1.78 bits per heavy atom. The minimum Gasteiger partial charge on any atom is -0.487 e. The fourth-order valence-corrected chi connectivity index (χ4v) is 1.75. The van der Waals surface area contributed by atoms with Crippen molar-refractivity contribution >= 4 is 0 Å². The smallest absolute Gasteiger partial charge is 0.132 e. The second-order valence-corrected chi connectivity index (χ2v) is 5.54. The van der Waals surface area contributed by atoms with E-state index in [1.807, 2.05) is 31.4 Å². The highest BCUT2D eigenvalue weighted by molar-refractivity contribution is 5.31. The van der Waals surface area contributed by atoms with Crippen LogP contribution in [0.2, 0.25) is 0 Å². The average Bonchev–Trinajstić information content (AvgIpc) is 2.72. The van der Waals surface area contributed by atoms with E-state index in [9.17, 15) is 0 Å². The van der Waals surface area contributed by atoms with E-state index in [4.69, 9.17) is 4.74 Å². The Bertz CT molecular complexity index is 506. The van der Waals surface area contributed by atoms with E-state index < -0.39 is 0 Å². The molecule has 0 atom stereocenters. The highest BCUT2D eigenvalue weighted by Gasteiger charge is 2.12. The van der Waals surface area contributed by atoms with Gasteiger partial charge in [-0.25, -0.2) is 0 Å². The largest absolute Gasteiger partial charge is 0.487 e. The van der Waals surface area contributed by atoms with Crippen LogP contribution in [0.4, 0.5) is 0 Å². The summed E-state index contributed by atoms with van der Waals surface area (Å²) < 4.78 is 7.48. The van der Waals surface area contributed by atoms with Crippen molar-refractivity contribution in [3.63, 3.8) is 0 Å². The van der Waals surface area contributed by atoms with Gasteiger partial charge in [-0.15, -0.1) is 0 Å². The zero-order valence-electron chi connectivity index (χ0n) is 11.5. The van der Waals surface area contributed by atoms with Gasteiger partial charge in [-0.05, 0) is 29.2 Å². The minimum absolute atomic E-state index is 0.180. The van der Waals surface area contributed by atoms with E-state index in [1.165, 1.54) is 5.56 Å². The first-order valence-corrected chi connectivity index (χ1v) is 6.17. The van der Waals surface area contributed by atoms with Crippen molar-refractivity contribution in [1.82, 2.24) is 9.78 Å². The molecule has 0 saturated carbocycles. The molecule has 0 aliphatic rings. The van der Waals surface area contributed by atoms with Gasteiger partial charge in [0.15, 0.2) is 0 Å². The molecule has 18 heavy (non-hydrogen) atoms. The van der Waals surface area contributed by atoms with E-state index in [0.717, 1.165) is 11.4 Å². The summed E-state index contributed by atoms with van der Waals surface area (Å²) in [6, 6.07) is 10.2. The Hall–Kier alpha value is -1.77. The predicted octanol–water partition coefficient (Wildman–Crippen LogP) is 3.30. The van der Waals surface area contributed by atoms with Gasteiger partial charge < -0.3 is 4.74 Å². The van der Waals surface area contributed by atoms with Crippen LogP contribution in [0.15, 0.2) is 36.5 Å². The molecule has 0 radical (unpaired) electrons. The molecule has 0 aliphatic heterocycles. The van der Waals surface area contributed by atoms with Crippen LogP contribution in [-0.4, -0.2) is 9.78 Å². The number of aryl methyl sites for hydroxylation is 1. The lowest BCUT2D eigenvalue weighted by atomic mass is 9.87. The van der Waals surface area contributed by atoms with Gasteiger partial charge in [0.1, 0.15) is 12.4 Å². The molecule has 3 heteroatoms. The molecule has 0 bridgehead atoms. The van der Waals surface area contributed by atoms with Crippen molar-refractivity contribution in [2.45, 2.75) is 32.8 Å². The summed E-state index contributed by atoms with van der Waals surface area (Å²) in [7, 11) is 1.90. The third-order valence-corrected chi connectivity index (χ3v) is 2.88. The Labute approximate surface area is 108 Å². The van der Waals surface area contributed by atoms with Crippen molar-refractivity contribution in [3.8, 4) is 5.75 Å². The van der Waals surface area contributed by atoms with Gasteiger partial charge >= 0.3 is 0 Å². The number of aromatic nitrogens is 2. The zero-order chi connectivity index (χ0) is 13.2. The van der Waals surface area contributed by atoms with Crippen LogP contribution in [0.5, 0.6) is 5.75 Å². The number of hydrogen-bond donors (Lipinski definition) is 0. The summed E-state index contributed by atoms with van der Waals surface area (Å²) in [5, 5.41) is 4.27. The SMILES string of the molecule is Cn1ccc(COc2ccc(C(C)(C)C)cc2)n1. The molecule has 0 unspecified atom stereocenters. The number of rotatable bonds is 3. The van der Waals surface area contributed by atoms with E-state index >= 15 is 0 Å². The molecule has 2 aromatic rings. The summed E-state index contributed by atoms with van der Waals surface area (Å²) in [6.07, 6.45) is 1.92. The quantitative estimate of drug-likeness (QED) is 0.828. The van der Waals surface area contributed by atoms with Crippen LogP contribution < -0.4 is 4.74 Å². The van der Waals surface area contributed by atoms with Gasteiger partial charge in [0.05, 0.1) is 5.69 Å². The highest BCUT2D eigenvalue weighted by Crippen LogP contribution is 2.24. The number of benzene rings is 1. The molecule has 0 fully saturated rings. The second kappa shape index (κ2) is 4.84. The first-order valence-electron chi connectivity index (χ1n) is 6.17. The Kier molecular flexibility index (Phi) is 3.41. The molecule has 0 N–H and O–H groups in total. The topological polar surface area (TPSA) is 27.1 Å². The number of hydrogen-bond acceptors (Lipinski definition) is 2. The second-order valence-electron chi connectivity index (χ2n) is 5.54. The monoisotopic (exact) mass is 244 g/mol. The van der Waals surface area contributed by atoms with Crippen LogP contribution >= 0.6 is 0 Å². The van der Waals surface area contributed by atoms with Crippen LogP contribution in [0.1, 0.15) is 32.0 Å². The van der Waals surface area contributed by atoms with E-state index in [0.29, 0.717) is 6.61 Å². The molecule has 0 amide bonds. The zero-order valence-corrected chi connectivity index (χ0v) is 11.5. The van der Waals surface area contributed by atoms with Gasteiger partial charge in [-0.1, -0.05) is 32.9 Å². The third-order valence-electron chi connectivity index (χ3n) is 2.88. The summed E-state index contributed by atoms with van der Waals surface area (Å²) in [5.74, 6) is 0.883. The Balaban J connectivity index is 1.98. The summed E-state index contributed by atoms with van der Waals surface area (Å²) in [4.78, 5) is 0. The lowest BCUT2D eigenvalue weighted by Gasteiger charge is -2.19. The normalized spacial score (nSPS) is 11.6. The maximum atomic E-state index is 5.70. The van der Waals surface area contributed by atoms with Crippen molar-refractivity contribution < 1.29 is 4.74 Å². The van der Waals surface area contributed by atoms with Crippen LogP contribution in [-0.2, 0) is 19.1 Å². The van der Waals surface area contributed by atoms with Crippen LogP contribution in [0, 0.1) is 0 Å². The lowest BCUT2D eigenvalue weighted by Crippen LogP contribution is -2.10. The number of nitrogens with zero attached hydrogens (tertiary/aromatic N) is 2. The molecular formula is C15H20N2O. The van der Waals surface area contributed by atoms with Crippen molar-refractivity contribution in [2.24, 2.45) is 7.05 Å². The molecule has 1 aromatic carbocycles. The van der Waals surface area contributed by atoms with Crippen LogP contribution in [0.25, 0.3) is 0 Å². The summed E-state index contributed by atoms with van der Waals surface area (Å²) in [5.41, 5.74) is 2.43. The third kappa shape index (κ3) is 3.13. The predicted molar refractivity (Wildman–Crippen MR) is 72.7 cm³/mol. The maximum absolute atomic E-state index is 5.70. The standard InChI is InChI=1S/C15H20N2O/c1-15(2,3)12-5-7-14(8-6-12)18-11-13-9-10-17(4)16-13/h5-10H,11H2,1-4H3. The fourth-order valence-electron chi connectivity index (χ4n) is 1.75. The minimum atomic E-state index is 0.180. The van der Waals surface area contributed by atoms with E-state index in [1.54, 1.807) is 4.68 Å². The fraction of sp³-hybridized carbons (Fsp3) is 0.400. The van der Waals surface area contributed by atoms with Gasteiger partial charge in [0.2, 0.25) is 0 Å². The molecule has 0 saturated heterocycles. The summed E-state index contributed by atoms with van der Waals surface area (Å²) >= 11 is 0. The van der Waals surface area contributed by atoms with Gasteiger partial charge in [0, 0.05) is 13.2 Å². The Morgan fingerprint density at radius 1 is 1.11 bits per heavy atom. The first-order chi connectivity index (χ1) is 8.45. The van der Waals surface area contributed by atoms with Crippen molar-refractivity contribution in [1.29, 1.82) is 0 Å². The van der Waals surface area contributed by atoms with Crippen LogP contribution in [0.3, 0.4) is 0 Å². The van der Waals surface area contributed by atoms with E-state index in [2.05, 4.69) is 38.0 Å². The molecule has 0 aliphatic carbocycles. The first kappa shape index (κ1) is 12.7. The molecule has 0 spiro atoms. The molecule has 1 aromatic heterocycles. The molecule has 96 valence electrons. The van der Waals surface area contributed by atoms with Crippen molar-refractivity contribution in [3.05, 3.63) is 47.8 Å². The maximum Gasteiger partial charge on any atom is 0.132 e. The summed E-state index contributed by atoms with van der Waals surface area (Å²) in [6.45, 7) is 7.12. The van der Waals surface area contributed by atoms with Gasteiger partial charge in [0.25, 0.3) is 0 Å². The van der Waals surface area contributed by atoms with Gasteiger partial charge in [-0.2, -0.15) is 5.10 Å². The van der Waals surface area contributed by atoms with Gasteiger partial charge in [-0.3, -0.25) is 4.68 Å². The lowest BCUT2D eigenvalue weighted by molar-refractivity contribution is 0.300. The van der Waals surface area contributed by atoms with Crippen molar-refractivity contribution in [2.75, 3.05) is 0 Å². The average molecular weight is 244 g/mol. The highest BCUT2D eigenvalue weighted by atomic mass is 16.5. The number of ether oxygens (including phenoxy) is 1. The van der Waals surface area contributed by atoms with E-state index in [-0.39, 0.29) is 5.41 Å². The Morgan fingerprint density at radius 3 is 2.28 bits per heavy atom. The molecule has 2 rings (SSSR count). The molecule has 1 heterocycles. The molecule has 3 nitrogen and oxygen atoms in total. The molecular weight excluding hydrogens is 224 g/mol.